The van der Waals surface area contributed by atoms with Gasteiger partial charge in [-0.1, -0.05) is 101 Å². The van der Waals surface area contributed by atoms with Gasteiger partial charge in [0.15, 0.2) is 12.6 Å². The molecule has 0 aliphatic carbocycles. The predicted octanol–water partition coefficient (Wildman–Crippen LogP) is 13.0. The lowest BCUT2D eigenvalue weighted by Gasteiger charge is -2.14. The molecule has 0 bridgehead atoms. The summed E-state index contributed by atoms with van der Waals surface area (Å²) in [6.07, 6.45) is 0.864. The molecule has 16 heteroatoms. The Labute approximate surface area is 402 Å². The molecule has 0 aromatic heterocycles. The quantitative estimate of drug-likeness (QED) is 0.0379. The SMILES string of the molecule is CCCCOc1ccc(C(O)c2ccc(Br)cc2)c(F)c1.O=Cc1ccc(O)cc1F.O=Cc1ccc(OCCBr)cc1F.OC(c1ccc(Br)cc1)c1ccc(OCCBr)cc1F. The van der Waals surface area contributed by atoms with Crippen LogP contribution in [0.2, 0.25) is 0 Å². The average Bonchev–Trinajstić information content (AvgIpc) is 3.28. The highest BCUT2D eigenvalue weighted by molar-refractivity contribution is 9.11. The third kappa shape index (κ3) is 18.1. The third-order valence-corrected chi connectivity index (χ3v) is 10.3. The molecule has 0 amide bonds. The average molecular weight is 1140 g/mol. The van der Waals surface area contributed by atoms with Gasteiger partial charge in [-0.25, -0.2) is 17.6 Å². The Balaban J connectivity index is 0.000000236. The Hall–Kier alpha value is -4.58. The van der Waals surface area contributed by atoms with Gasteiger partial charge in [0.25, 0.3) is 0 Å². The summed E-state index contributed by atoms with van der Waals surface area (Å²) in [6.45, 7) is 3.58. The predicted molar refractivity (Wildman–Crippen MR) is 253 cm³/mol. The van der Waals surface area contributed by atoms with E-state index in [0.29, 0.717) is 71.4 Å². The molecule has 0 radical (unpaired) electrons. The molecule has 0 heterocycles. The number of hydrogen-bond acceptors (Lipinski definition) is 8. The van der Waals surface area contributed by atoms with Crippen LogP contribution in [0.25, 0.3) is 0 Å². The van der Waals surface area contributed by atoms with Gasteiger partial charge in [0, 0.05) is 55.0 Å². The third-order valence-electron chi connectivity index (χ3n) is 8.57. The van der Waals surface area contributed by atoms with Gasteiger partial charge < -0.3 is 29.5 Å². The second-order valence-electron chi connectivity index (χ2n) is 13.2. The number of unbranched alkanes of at least 4 members (excludes halogenated alkanes) is 1. The van der Waals surface area contributed by atoms with Gasteiger partial charge in [-0.2, -0.15) is 0 Å². The first-order chi connectivity index (χ1) is 30.7. The summed E-state index contributed by atoms with van der Waals surface area (Å²) in [5.41, 5.74) is 1.78. The molecule has 6 rings (SSSR count). The number of aliphatic hydroxyl groups excluding tert-OH is 2. The number of rotatable bonds is 16. The van der Waals surface area contributed by atoms with Crippen LogP contribution in [0.5, 0.6) is 23.0 Å². The molecule has 0 aliphatic heterocycles. The summed E-state index contributed by atoms with van der Waals surface area (Å²) in [5.74, 6) is -0.990. The number of carbonyl (C=O) groups is 2. The number of ether oxygens (including phenoxy) is 3. The van der Waals surface area contributed by atoms with E-state index in [-0.39, 0.29) is 28.0 Å². The minimum atomic E-state index is -0.992. The van der Waals surface area contributed by atoms with Crippen molar-refractivity contribution in [1.29, 1.82) is 0 Å². The van der Waals surface area contributed by atoms with Crippen molar-refractivity contribution >= 4 is 76.3 Å². The first-order valence-electron chi connectivity index (χ1n) is 19.4. The summed E-state index contributed by atoms with van der Waals surface area (Å²) in [5, 5.41) is 30.5. The largest absolute Gasteiger partial charge is 0.508 e. The van der Waals surface area contributed by atoms with Gasteiger partial charge in [0.2, 0.25) is 0 Å². The number of benzene rings is 6. The van der Waals surface area contributed by atoms with Gasteiger partial charge in [-0.05, 0) is 90.3 Å². The number of aromatic hydroxyl groups is 1. The minimum absolute atomic E-state index is 0.0437. The van der Waals surface area contributed by atoms with E-state index in [0.717, 1.165) is 27.9 Å². The number of aldehydes is 2. The number of alkyl halides is 2. The molecule has 8 nitrogen and oxygen atoms in total. The Morgan fingerprint density at radius 3 is 1.27 bits per heavy atom. The molecule has 0 saturated carbocycles. The summed E-state index contributed by atoms with van der Waals surface area (Å²) >= 11 is 13.1. The van der Waals surface area contributed by atoms with Crippen molar-refractivity contribution in [3.8, 4) is 23.0 Å². The Morgan fingerprint density at radius 2 is 0.906 bits per heavy atom. The summed E-state index contributed by atoms with van der Waals surface area (Å²) in [4.78, 5) is 20.3. The molecular weight excluding hydrogens is 1100 g/mol. The van der Waals surface area contributed by atoms with Crippen molar-refractivity contribution in [2.24, 2.45) is 0 Å². The fourth-order valence-corrected chi connectivity index (χ4v) is 6.09. The topological polar surface area (TPSA) is 123 Å². The van der Waals surface area contributed by atoms with Crippen LogP contribution < -0.4 is 14.2 Å². The van der Waals surface area contributed by atoms with E-state index in [1.54, 1.807) is 54.6 Å². The molecule has 0 saturated heterocycles. The summed E-state index contributed by atoms with van der Waals surface area (Å²) < 4.78 is 71.3. The van der Waals surface area contributed by atoms with Crippen molar-refractivity contribution in [3.63, 3.8) is 0 Å². The summed E-state index contributed by atoms with van der Waals surface area (Å²) in [7, 11) is 0. The van der Waals surface area contributed by atoms with Crippen LogP contribution in [0.1, 0.15) is 74.9 Å². The lowest BCUT2D eigenvalue weighted by molar-refractivity contribution is 0.111. The van der Waals surface area contributed by atoms with E-state index < -0.39 is 35.5 Å². The zero-order chi connectivity index (χ0) is 47.0. The van der Waals surface area contributed by atoms with Gasteiger partial charge in [-0.15, -0.1) is 0 Å². The number of phenols is 1. The van der Waals surface area contributed by atoms with Crippen LogP contribution >= 0.6 is 63.7 Å². The van der Waals surface area contributed by atoms with Gasteiger partial charge in [-0.3, -0.25) is 9.59 Å². The van der Waals surface area contributed by atoms with Crippen molar-refractivity contribution in [2.45, 2.75) is 32.0 Å². The van der Waals surface area contributed by atoms with Crippen LogP contribution in [0.4, 0.5) is 17.6 Å². The fourth-order valence-electron chi connectivity index (χ4n) is 5.24. The molecule has 64 heavy (non-hydrogen) atoms. The molecule has 2 unspecified atom stereocenters. The van der Waals surface area contributed by atoms with Gasteiger partial charge in [0.1, 0.15) is 58.5 Å². The molecular formula is C48H44Br4F4O8. The number of hydrogen-bond donors (Lipinski definition) is 3. The lowest BCUT2D eigenvalue weighted by atomic mass is 10.0. The minimum Gasteiger partial charge on any atom is -0.508 e. The first-order valence-corrected chi connectivity index (χ1v) is 23.2. The lowest BCUT2D eigenvalue weighted by Crippen LogP contribution is -2.04. The highest BCUT2D eigenvalue weighted by atomic mass is 79.9. The number of halogens is 8. The molecule has 3 N–H and O–H groups in total. The highest BCUT2D eigenvalue weighted by Gasteiger charge is 2.17. The van der Waals surface area contributed by atoms with Gasteiger partial charge >= 0.3 is 0 Å². The second-order valence-corrected chi connectivity index (χ2v) is 16.6. The molecule has 0 aliphatic rings. The monoisotopic (exact) mass is 1140 g/mol. The number of aliphatic hydroxyl groups is 2. The zero-order valence-corrected chi connectivity index (χ0v) is 40.6. The second kappa shape index (κ2) is 29.1. The fraction of sp³-hybridized carbons (Fsp3) is 0.208. The normalized spacial score (nSPS) is 11.2. The van der Waals surface area contributed by atoms with Crippen LogP contribution in [0.15, 0.2) is 130 Å². The first kappa shape index (κ1) is 53.8. The van der Waals surface area contributed by atoms with Crippen molar-refractivity contribution in [1.82, 2.24) is 0 Å². The maximum atomic E-state index is 14.1. The van der Waals surface area contributed by atoms with Crippen LogP contribution in [0, 0.1) is 23.3 Å². The van der Waals surface area contributed by atoms with E-state index in [9.17, 15) is 37.4 Å². The highest BCUT2D eigenvalue weighted by Crippen LogP contribution is 2.29. The Kier molecular flexibility index (Phi) is 24.4. The molecule has 0 spiro atoms. The van der Waals surface area contributed by atoms with Crippen LogP contribution in [0.3, 0.4) is 0 Å². The Bertz CT molecular complexity index is 2360. The van der Waals surface area contributed by atoms with Gasteiger partial charge in [0.05, 0.1) is 30.9 Å². The Morgan fingerprint density at radius 1 is 0.531 bits per heavy atom. The molecule has 2 atom stereocenters. The molecule has 6 aromatic carbocycles. The zero-order valence-electron chi connectivity index (χ0n) is 34.2. The molecule has 0 fully saturated rings. The molecule has 6 aromatic rings. The standard InChI is InChI=1S/C17H18BrFO2.C15H13Br2FO2.C9H8BrFO2.C7H5FO2/c1-2-3-10-21-14-8-9-15(16(19)11-14)17(20)12-4-6-13(18)7-5-12;16-7-8-20-12-5-6-13(14(18)9-12)15(19)10-1-3-11(17)4-2-10;10-3-4-13-8-2-1-7(6-12)9(11)5-8;8-7-3-6(10)2-1-5(7)4-9/h4-9,11,17,20H,2-3,10H2,1H3;1-6,9,15,19H,7-8H2;1-2,5-6H,3-4H2;1-4,10H. The number of carbonyl (C=O) groups excluding carboxylic acids is 2. The summed E-state index contributed by atoms with van der Waals surface area (Å²) in [6, 6.07) is 30.9. The van der Waals surface area contributed by atoms with Crippen molar-refractivity contribution in [2.75, 3.05) is 30.5 Å². The van der Waals surface area contributed by atoms with E-state index in [1.807, 2.05) is 24.3 Å². The number of phenolic OH excluding ortho intramolecular Hbond substituents is 1. The smallest absolute Gasteiger partial charge is 0.152 e. The molecule has 340 valence electrons. The maximum Gasteiger partial charge on any atom is 0.152 e. The van der Waals surface area contributed by atoms with Crippen molar-refractivity contribution < 1.29 is 56.7 Å². The van der Waals surface area contributed by atoms with E-state index in [2.05, 4.69) is 70.6 Å². The van der Waals surface area contributed by atoms with Crippen LogP contribution in [-0.2, 0) is 0 Å². The maximum absolute atomic E-state index is 14.1. The van der Waals surface area contributed by atoms with Crippen LogP contribution in [-0.4, -0.2) is 58.4 Å². The van der Waals surface area contributed by atoms with E-state index >= 15 is 0 Å². The van der Waals surface area contributed by atoms with Crippen molar-refractivity contribution in [3.05, 3.63) is 187 Å². The van der Waals surface area contributed by atoms with E-state index in [1.165, 1.54) is 36.4 Å². The van der Waals surface area contributed by atoms with E-state index in [4.69, 9.17) is 19.3 Å².